The van der Waals surface area contributed by atoms with Gasteiger partial charge in [0.2, 0.25) is 11.8 Å². The lowest BCUT2D eigenvalue weighted by Gasteiger charge is -2.34. The van der Waals surface area contributed by atoms with Crippen molar-refractivity contribution in [2.75, 3.05) is 13.6 Å². The van der Waals surface area contributed by atoms with Crippen LogP contribution in [-0.4, -0.2) is 53.2 Å². The third-order valence-electron chi connectivity index (χ3n) is 7.86. The number of hydrogen-bond donors (Lipinski definition) is 2. The molecule has 0 unspecified atom stereocenters. The lowest BCUT2D eigenvalue weighted by Crippen LogP contribution is -2.55. The Kier molecular flexibility index (Phi) is 7.67. The van der Waals surface area contributed by atoms with Gasteiger partial charge in [0.05, 0.1) is 17.8 Å². The molecule has 0 spiro atoms. The molecule has 3 atom stereocenters. The number of rotatable bonds is 7. The van der Waals surface area contributed by atoms with E-state index in [0.29, 0.717) is 32.2 Å². The Bertz CT molecular complexity index is 1290. The molecule has 1 saturated heterocycles. The predicted molar refractivity (Wildman–Crippen MR) is 146 cm³/mol. The molecule has 37 heavy (non-hydrogen) atoms. The number of benzene rings is 2. The zero-order valence-electron chi connectivity index (χ0n) is 21.4. The quantitative estimate of drug-likeness (QED) is 0.481. The first-order valence-electron chi connectivity index (χ1n) is 13.2. The van der Waals surface area contributed by atoms with Gasteiger partial charge in [-0.25, -0.2) is 4.98 Å². The Morgan fingerprint density at radius 3 is 2.62 bits per heavy atom. The molecule has 2 fully saturated rings. The van der Waals surface area contributed by atoms with Crippen molar-refractivity contribution in [3.8, 4) is 11.3 Å². The highest BCUT2D eigenvalue weighted by Crippen LogP contribution is 2.38. The van der Waals surface area contributed by atoms with Gasteiger partial charge in [0.25, 0.3) is 0 Å². The average Bonchev–Trinajstić information content (AvgIpc) is 3.61. The van der Waals surface area contributed by atoms with Crippen LogP contribution in [0.2, 0.25) is 0 Å². The maximum Gasteiger partial charge on any atom is 0.246 e. The number of ketones is 1. The second-order valence-corrected chi connectivity index (χ2v) is 11.0. The molecule has 2 N–H and O–H groups in total. The fraction of sp³-hybridized carbons (Fsp3) is 0.448. The summed E-state index contributed by atoms with van der Waals surface area (Å²) in [5.41, 5.74) is 2.02. The van der Waals surface area contributed by atoms with Crippen molar-refractivity contribution >= 4 is 39.7 Å². The number of thiazole rings is 1. The highest BCUT2D eigenvalue weighted by Gasteiger charge is 2.40. The van der Waals surface area contributed by atoms with Crippen molar-refractivity contribution in [3.63, 3.8) is 0 Å². The number of amides is 2. The first kappa shape index (κ1) is 25.5. The van der Waals surface area contributed by atoms with Crippen LogP contribution in [0.3, 0.4) is 0 Å². The fourth-order valence-electron chi connectivity index (χ4n) is 5.57. The summed E-state index contributed by atoms with van der Waals surface area (Å²) in [4.78, 5) is 45.6. The molecule has 1 aliphatic carbocycles. The molecule has 2 heterocycles. The Morgan fingerprint density at radius 1 is 1.08 bits per heavy atom. The second kappa shape index (κ2) is 11.1. The van der Waals surface area contributed by atoms with Crippen LogP contribution in [0.25, 0.3) is 22.0 Å². The highest BCUT2D eigenvalue weighted by atomic mass is 32.1. The number of nitrogens with one attached hydrogen (secondary N) is 2. The van der Waals surface area contributed by atoms with Gasteiger partial charge in [0, 0.05) is 30.3 Å². The normalized spacial score (nSPS) is 20.2. The van der Waals surface area contributed by atoms with Crippen LogP contribution < -0.4 is 10.6 Å². The van der Waals surface area contributed by atoms with Gasteiger partial charge in [0.15, 0.2) is 0 Å². The summed E-state index contributed by atoms with van der Waals surface area (Å²) in [6, 6.07) is 13.4. The standard InChI is InChI=1S/C29H34N4O3S/c1-18(30-2)27(35)32-26(20-12-14-21(34)15-13-20)29(36)33-16-6-11-25(33)28-31-24(17-37-28)23-10-5-8-19-7-3-4-9-22(19)23/h3-5,7-10,17-18,20,25-26,30H,6,11-16H2,1-2H3,(H,32,35)/t18-,25-,26-/m0/s1. The van der Waals surface area contributed by atoms with E-state index in [0.717, 1.165) is 34.5 Å². The van der Waals surface area contributed by atoms with E-state index in [1.54, 1.807) is 25.3 Å². The monoisotopic (exact) mass is 518 g/mol. The zero-order chi connectivity index (χ0) is 25.9. The van der Waals surface area contributed by atoms with E-state index in [9.17, 15) is 14.4 Å². The molecule has 2 amide bonds. The number of Topliss-reactive ketones (excluding diaryl/α,β-unsaturated/α-hetero) is 1. The van der Waals surface area contributed by atoms with Crippen LogP contribution in [0.1, 0.15) is 56.5 Å². The molecule has 8 heteroatoms. The molecule has 2 aliphatic rings. The van der Waals surface area contributed by atoms with E-state index in [2.05, 4.69) is 46.3 Å². The minimum Gasteiger partial charge on any atom is -0.343 e. The molecular formula is C29H34N4O3S. The van der Waals surface area contributed by atoms with Gasteiger partial charge in [0.1, 0.15) is 16.8 Å². The third-order valence-corrected chi connectivity index (χ3v) is 8.80. The van der Waals surface area contributed by atoms with Crippen molar-refractivity contribution in [1.29, 1.82) is 0 Å². The van der Waals surface area contributed by atoms with Crippen LogP contribution in [-0.2, 0) is 14.4 Å². The summed E-state index contributed by atoms with van der Waals surface area (Å²) in [5.74, 6) is -0.0523. The minimum absolute atomic E-state index is 0.0398. The first-order chi connectivity index (χ1) is 18.0. The van der Waals surface area contributed by atoms with Crippen LogP contribution in [0.5, 0.6) is 0 Å². The fourth-order valence-corrected chi connectivity index (χ4v) is 6.53. The maximum absolute atomic E-state index is 14.0. The predicted octanol–water partition coefficient (Wildman–Crippen LogP) is 4.48. The Labute approximate surface area is 221 Å². The van der Waals surface area contributed by atoms with E-state index < -0.39 is 12.1 Å². The van der Waals surface area contributed by atoms with E-state index in [4.69, 9.17) is 4.98 Å². The van der Waals surface area contributed by atoms with E-state index >= 15 is 0 Å². The van der Waals surface area contributed by atoms with Gasteiger partial charge in [-0.05, 0) is 56.3 Å². The number of fused-ring (bicyclic) bond motifs is 1. The highest BCUT2D eigenvalue weighted by molar-refractivity contribution is 7.10. The largest absolute Gasteiger partial charge is 0.343 e. The molecule has 1 saturated carbocycles. The molecule has 1 aliphatic heterocycles. The van der Waals surface area contributed by atoms with Crippen LogP contribution in [0.15, 0.2) is 47.8 Å². The SMILES string of the molecule is CN[C@@H](C)C(=O)N[C@H](C(=O)N1CCC[C@H]1c1nc(-c2cccc3ccccc23)cs1)C1CCC(=O)CC1. The number of nitrogens with zero attached hydrogens (tertiary/aromatic N) is 2. The molecule has 5 rings (SSSR count). The molecule has 3 aromatic rings. The third kappa shape index (κ3) is 5.31. The number of hydrogen-bond acceptors (Lipinski definition) is 6. The van der Waals surface area contributed by atoms with Crippen molar-refractivity contribution in [3.05, 3.63) is 52.9 Å². The molecule has 2 aromatic carbocycles. The van der Waals surface area contributed by atoms with Crippen molar-refractivity contribution < 1.29 is 14.4 Å². The van der Waals surface area contributed by atoms with E-state index in [1.165, 1.54) is 5.39 Å². The Hall–Kier alpha value is -3.10. The number of carbonyl (C=O) groups excluding carboxylic acids is 3. The molecule has 7 nitrogen and oxygen atoms in total. The van der Waals surface area contributed by atoms with Gasteiger partial charge in [-0.1, -0.05) is 42.5 Å². The van der Waals surface area contributed by atoms with Gasteiger partial charge in [-0.3, -0.25) is 14.4 Å². The van der Waals surface area contributed by atoms with Gasteiger partial charge >= 0.3 is 0 Å². The molecular weight excluding hydrogens is 484 g/mol. The Balaban J connectivity index is 1.40. The first-order valence-corrected chi connectivity index (χ1v) is 14.1. The zero-order valence-corrected chi connectivity index (χ0v) is 22.2. The van der Waals surface area contributed by atoms with Gasteiger partial charge in [-0.15, -0.1) is 11.3 Å². The van der Waals surface area contributed by atoms with Crippen molar-refractivity contribution in [2.24, 2.45) is 5.92 Å². The summed E-state index contributed by atoms with van der Waals surface area (Å²) in [5, 5.41) is 11.3. The molecule has 0 bridgehead atoms. The summed E-state index contributed by atoms with van der Waals surface area (Å²) < 4.78 is 0. The van der Waals surface area contributed by atoms with Crippen LogP contribution in [0.4, 0.5) is 0 Å². The number of carbonyl (C=O) groups is 3. The van der Waals surface area contributed by atoms with Gasteiger partial charge < -0.3 is 15.5 Å². The minimum atomic E-state index is -0.630. The van der Waals surface area contributed by atoms with Gasteiger partial charge in [-0.2, -0.15) is 0 Å². The Morgan fingerprint density at radius 2 is 1.84 bits per heavy atom. The lowest BCUT2D eigenvalue weighted by molar-refractivity contribution is -0.140. The smallest absolute Gasteiger partial charge is 0.246 e. The number of likely N-dealkylation sites (N-methyl/N-ethyl adjacent to an activating group) is 1. The average molecular weight is 519 g/mol. The topological polar surface area (TPSA) is 91.4 Å². The van der Waals surface area contributed by atoms with Crippen LogP contribution in [0, 0.1) is 5.92 Å². The summed E-state index contributed by atoms with van der Waals surface area (Å²) in [6.07, 6.45) is 3.95. The summed E-state index contributed by atoms with van der Waals surface area (Å²) >= 11 is 1.59. The molecule has 194 valence electrons. The van der Waals surface area contributed by atoms with Crippen molar-refractivity contribution in [2.45, 2.75) is 63.6 Å². The van der Waals surface area contributed by atoms with E-state index in [-0.39, 0.29) is 29.6 Å². The number of likely N-dealkylation sites (tertiary alicyclic amines) is 1. The lowest BCUT2D eigenvalue weighted by atomic mass is 9.82. The summed E-state index contributed by atoms with van der Waals surface area (Å²) in [7, 11) is 1.73. The van der Waals surface area contributed by atoms with Crippen LogP contribution >= 0.6 is 11.3 Å². The maximum atomic E-state index is 14.0. The van der Waals surface area contributed by atoms with Crippen molar-refractivity contribution in [1.82, 2.24) is 20.5 Å². The second-order valence-electron chi connectivity index (χ2n) is 10.2. The molecule has 1 aromatic heterocycles. The van der Waals surface area contributed by atoms with E-state index in [1.807, 2.05) is 17.0 Å². The number of aromatic nitrogens is 1. The molecule has 0 radical (unpaired) electrons. The summed E-state index contributed by atoms with van der Waals surface area (Å²) in [6.45, 7) is 2.43.